The smallest absolute Gasteiger partial charge is 0.129 e. The van der Waals surface area contributed by atoms with E-state index in [1.54, 1.807) is 6.07 Å². The monoisotopic (exact) mass is 358 g/mol. The van der Waals surface area contributed by atoms with Gasteiger partial charge in [-0.3, -0.25) is 0 Å². The van der Waals surface area contributed by atoms with Crippen LogP contribution in [-0.2, 0) is 13.2 Å². The number of ether oxygens (including phenoxy) is 1. The summed E-state index contributed by atoms with van der Waals surface area (Å²) in [5.41, 5.74) is 1.90. The molecule has 0 atom stereocenters. The van der Waals surface area contributed by atoms with Crippen LogP contribution in [0, 0.1) is 12.7 Å². The molecule has 20 heavy (non-hydrogen) atoms. The van der Waals surface area contributed by atoms with Crippen molar-refractivity contribution in [1.29, 1.82) is 0 Å². The van der Waals surface area contributed by atoms with Gasteiger partial charge in [0, 0.05) is 20.6 Å². The van der Waals surface area contributed by atoms with Crippen LogP contribution in [0.2, 0.25) is 5.02 Å². The Kier molecular flexibility index (Phi) is 5.02. The second-order valence-electron chi connectivity index (χ2n) is 4.39. The van der Waals surface area contributed by atoms with E-state index in [1.807, 2.05) is 13.0 Å². The van der Waals surface area contributed by atoms with Crippen LogP contribution in [0.15, 0.2) is 34.8 Å². The maximum Gasteiger partial charge on any atom is 0.129 e. The number of aliphatic hydroxyl groups is 1. The van der Waals surface area contributed by atoms with Gasteiger partial charge in [-0.05, 0) is 42.8 Å². The van der Waals surface area contributed by atoms with E-state index in [9.17, 15) is 9.50 Å². The highest BCUT2D eigenvalue weighted by Gasteiger charge is 2.10. The molecule has 0 amide bonds. The number of halogens is 3. The second kappa shape index (κ2) is 6.57. The van der Waals surface area contributed by atoms with Gasteiger partial charge in [-0.15, -0.1) is 0 Å². The van der Waals surface area contributed by atoms with Gasteiger partial charge in [-0.1, -0.05) is 27.5 Å². The summed E-state index contributed by atoms with van der Waals surface area (Å²) in [4.78, 5) is 0. The summed E-state index contributed by atoms with van der Waals surface area (Å²) in [6.45, 7) is 1.78. The third-order valence-electron chi connectivity index (χ3n) is 2.87. The van der Waals surface area contributed by atoms with E-state index in [4.69, 9.17) is 16.3 Å². The number of hydrogen-bond acceptors (Lipinski definition) is 2. The van der Waals surface area contributed by atoms with Crippen molar-refractivity contribution >= 4 is 27.5 Å². The third kappa shape index (κ3) is 3.51. The van der Waals surface area contributed by atoms with Gasteiger partial charge in [0.2, 0.25) is 0 Å². The summed E-state index contributed by atoms with van der Waals surface area (Å²) in [7, 11) is 0. The SMILES string of the molecule is Cc1cc(Br)cc(CO)c1OCc1cc(Cl)ccc1F. The van der Waals surface area contributed by atoms with E-state index in [0.29, 0.717) is 21.9 Å². The number of benzene rings is 2. The zero-order valence-corrected chi connectivity index (χ0v) is 13.1. The zero-order chi connectivity index (χ0) is 14.7. The van der Waals surface area contributed by atoms with Crippen LogP contribution in [0.1, 0.15) is 16.7 Å². The summed E-state index contributed by atoms with van der Waals surface area (Å²) in [5, 5.41) is 9.83. The summed E-state index contributed by atoms with van der Waals surface area (Å²) >= 11 is 9.20. The molecule has 0 aliphatic heterocycles. The summed E-state index contributed by atoms with van der Waals surface area (Å²) in [6, 6.07) is 7.98. The molecule has 5 heteroatoms. The quantitative estimate of drug-likeness (QED) is 0.863. The molecule has 2 rings (SSSR count). The van der Waals surface area contributed by atoms with Crippen LogP contribution in [0.3, 0.4) is 0 Å². The van der Waals surface area contributed by atoms with Crippen LogP contribution in [-0.4, -0.2) is 5.11 Å². The predicted molar refractivity (Wildman–Crippen MR) is 80.5 cm³/mol. The van der Waals surface area contributed by atoms with Gasteiger partial charge in [0.15, 0.2) is 0 Å². The molecule has 0 heterocycles. The van der Waals surface area contributed by atoms with Crippen molar-refractivity contribution in [1.82, 2.24) is 0 Å². The lowest BCUT2D eigenvalue weighted by Crippen LogP contribution is -2.03. The molecule has 2 nitrogen and oxygen atoms in total. The van der Waals surface area contributed by atoms with Crippen LogP contribution in [0.25, 0.3) is 0 Å². The van der Waals surface area contributed by atoms with Gasteiger partial charge in [0.05, 0.1) is 6.61 Å². The molecular formula is C15H13BrClFO2. The standard InChI is InChI=1S/C15H13BrClFO2/c1-9-4-12(16)5-10(7-19)15(9)20-8-11-6-13(17)2-3-14(11)18/h2-6,19H,7-8H2,1H3. The molecule has 0 aliphatic rings. The Bertz CT molecular complexity index is 632. The average Bonchev–Trinajstić information content (AvgIpc) is 2.40. The van der Waals surface area contributed by atoms with Gasteiger partial charge >= 0.3 is 0 Å². The Morgan fingerprint density at radius 3 is 2.70 bits per heavy atom. The first kappa shape index (κ1) is 15.3. The van der Waals surface area contributed by atoms with E-state index in [-0.39, 0.29) is 19.0 Å². The molecule has 0 aromatic heterocycles. The Hall–Kier alpha value is -1.10. The molecule has 0 bridgehead atoms. The molecule has 0 spiro atoms. The summed E-state index contributed by atoms with van der Waals surface area (Å²) in [6.07, 6.45) is 0. The minimum Gasteiger partial charge on any atom is -0.488 e. The van der Waals surface area contributed by atoms with Crippen LogP contribution in [0.5, 0.6) is 5.75 Å². The fourth-order valence-electron chi connectivity index (χ4n) is 1.93. The molecule has 0 aliphatic carbocycles. The van der Waals surface area contributed by atoms with Gasteiger partial charge < -0.3 is 9.84 Å². The molecule has 0 saturated carbocycles. The lowest BCUT2D eigenvalue weighted by Gasteiger charge is -2.14. The predicted octanol–water partition coefficient (Wildman–Crippen LogP) is 4.62. The summed E-state index contributed by atoms with van der Waals surface area (Å²) < 4.78 is 20.1. The van der Waals surface area contributed by atoms with Crippen molar-refractivity contribution in [3.63, 3.8) is 0 Å². The van der Waals surface area contributed by atoms with Crippen molar-refractivity contribution < 1.29 is 14.2 Å². The molecular weight excluding hydrogens is 347 g/mol. The topological polar surface area (TPSA) is 29.5 Å². The maximum atomic E-state index is 13.6. The first-order valence-electron chi connectivity index (χ1n) is 5.98. The molecule has 0 unspecified atom stereocenters. The lowest BCUT2D eigenvalue weighted by atomic mass is 10.1. The first-order valence-corrected chi connectivity index (χ1v) is 7.15. The highest BCUT2D eigenvalue weighted by molar-refractivity contribution is 9.10. The van der Waals surface area contributed by atoms with Gasteiger partial charge in [0.25, 0.3) is 0 Å². The third-order valence-corrected chi connectivity index (χ3v) is 3.56. The van der Waals surface area contributed by atoms with Gasteiger partial charge in [0.1, 0.15) is 18.2 Å². The van der Waals surface area contributed by atoms with Crippen molar-refractivity contribution in [2.75, 3.05) is 0 Å². The Labute approximate surface area is 130 Å². The molecule has 2 aromatic carbocycles. The van der Waals surface area contributed by atoms with Crippen molar-refractivity contribution in [3.05, 3.63) is 62.3 Å². The Morgan fingerprint density at radius 1 is 1.25 bits per heavy atom. The number of hydrogen-bond donors (Lipinski definition) is 1. The molecule has 0 radical (unpaired) electrons. The van der Waals surface area contributed by atoms with Crippen LogP contribution >= 0.6 is 27.5 Å². The minimum atomic E-state index is -0.366. The fourth-order valence-corrected chi connectivity index (χ4v) is 2.74. The van der Waals surface area contributed by atoms with E-state index in [1.165, 1.54) is 18.2 Å². The maximum absolute atomic E-state index is 13.6. The molecule has 0 saturated heterocycles. The van der Waals surface area contributed by atoms with Crippen LogP contribution < -0.4 is 4.74 Å². The largest absolute Gasteiger partial charge is 0.488 e. The number of rotatable bonds is 4. The first-order chi connectivity index (χ1) is 9.51. The van der Waals surface area contributed by atoms with E-state index in [2.05, 4.69) is 15.9 Å². The number of aliphatic hydroxyl groups excluding tert-OH is 1. The highest BCUT2D eigenvalue weighted by Crippen LogP contribution is 2.29. The molecule has 1 N–H and O–H groups in total. The molecule has 2 aromatic rings. The number of aryl methyl sites for hydroxylation is 1. The Morgan fingerprint density at radius 2 is 2.00 bits per heavy atom. The fraction of sp³-hybridized carbons (Fsp3) is 0.200. The van der Waals surface area contributed by atoms with E-state index in [0.717, 1.165) is 10.0 Å². The lowest BCUT2D eigenvalue weighted by molar-refractivity contribution is 0.256. The summed E-state index contributed by atoms with van der Waals surface area (Å²) in [5.74, 6) is 0.199. The minimum absolute atomic E-state index is 0.0574. The Balaban J connectivity index is 2.25. The van der Waals surface area contributed by atoms with Crippen molar-refractivity contribution in [2.24, 2.45) is 0 Å². The zero-order valence-electron chi connectivity index (χ0n) is 10.8. The van der Waals surface area contributed by atoms with Gasteiger partial charge in [-0.2, -0.15) is 0 Å². The molecule has 0 fully saturated rings. The van der Waals surface area contributed by atoms with Gasteiger partial charge in [-0.25, -0.2) is 4.39 Å². The van der Waals surface area contributed by atoms with E-state index >= 15 is 0 Å². The normalized spacial score (nSPS) is 10.7. The highest BCUT2D eigenvalue weighted by atomic mass is 79.9. The van der Waals surface area contributed by atoms with Crippen molar-refractivity contribution in [2.45, 2.75) is 20.1 Å². The van der Waals surface area contributed by atoms with Crippen molar-refractivity contribution in [3.8, 4) is 5.75 Å². The van der Waals surface area contributed by atoms with Crippen LogP contribution in [0.4, 0.5) is 4.39 Å². The molecule has 106 valence electrons. The average molecular weight is 360 g/mol. The van der Waals surface area contributed by atoms with E-state index < -0.39 is 0 Å². The second-order valence-corrected chi connectivity index (χ2v) is 5.75.